The van der Waals surface area contributed by atoms with Crippen molar-refractivity contribution in [3.8, 4) is 0 Å². The van der Waals surface area contributed by atoms with Crippen LogP contribution in [-0.4, -0.2) is 220 Å². The number of benzene rings is 7. The molecule has 7 aromatic rings. The number of amides is 2. The van der Waals surface area contributed by atoms with Gasteiger partial charge >= 0.3 is 33.5 Å². The molecule has 9 rings (SSSR count). The van der Waals surface area contributed by atoms with Gasteiger partial charge in [0.1, 0.15) is 11.2 Å². The summed E-state index contributed by atoms with van der Waals surface area (Å²) >= 11 is 4.43. The number of nitrogens with one attached hydrogen (secondary N) is 4. The van der Waals surface area contributed by atoms with Crippen LogP contribution in [0.4, 0.5) is 9.59 Å². The number of hydrogen-bond donors (Lipinski definition) is 7. The van der Waals surface area contributed by atoms with Crippen LogP contribution < -0.4 is 41.0 Å². The number of carbonyl (C=O) groups excluding carboxylic acids is 2. The molecule has 0 bridgehead atoms. The molecule has 124 heavy (non-hydrogen) atoms. The normalized spacial score (nSPS) is 14.7. The lowest BCUT2D eigenvalue weighted by Gasteiger charge is -2.32. The molecule has 0 aromatic heterocycles. The van der Waals surface area contributed by atoms with Gasteiger partial charge in [0.15, 0.2) is 0 Å². The second-order valence-electron chi connectivity index (χ2n) is 33.3. The molecule has 2 heterocycles. The average Bonchev–Trinajstić information content (AvgIpc) is 1.63. The van der Waals surface area contributed by atoms with Crippen LogP contribution in [0.1, 0.15) is 136 Å². The van der Waals surface area contributed by atoms with Crippen molar-refractivity contribution in [2.24, 2.45) is 5.73 Å². The smallest absolute Gasteiger partial charge is 0.443 e. The fraction of sp³-hybridized carbons (Fsp3) is 0.476. The number of sulfonamides is 6. The zero-order valence-corrected chi connectivity index (χ0v) is 83.9. The molecular weight excluding hydrogens is 1940 g/mol. The minimum atomic E-state index is -3.74. The van der Waals surface area contributed by atoms with E-state index in [0.717, 1.165) is 114 Å². The van der Waals surface area contributed by atoms with Gasteiger partial charge in [0.25, 0.3) is 0 Å². The Bertz CT molecular complexity index is 5120. The Hall–Kier alpha value is -6.01. The minimum absolute atomic E-state index is 0.00356. The predicted molar refractivity (Wildman–Crippen MR) is 514 cm³/mol. The van der Waals surface area contributed by atoms with E-state index in [1.54, 1.807) is 65.8 Å². The van der Waals surface area contributed by atoms with Gasteiger partial charge in [-0.1, -0.05) is 158 Å². The summed E-state index contributed by atoms with van der Waals surface area (Å²) in [6.07, 6.45) is 9.38. The predicted octanol–water partition coefficient (Wildman–Crippen LogP) is 8.64. The number of carbonyl (C=O) groups is 2. The molecule has 0 unspecified atom stereocenters. The zero-order valence-electron chi connectivity index (χ0n) is 74.7. The average molecular weight is 2060 g/mol. The Kier molecular flexibility index (Phi) is 45.5. The quantitative estimate of drug-likeness (QED) is 0.0170. The van der Waals surface area contributed by atoms with Gasteiger partial charge in [-0.2, -0.15) is 0 Å². The molecule has 0 spiro atoms. The van der Waals surface area contributed by atoms with E-state index in [0.29, 0.717) is 57.3 Å². The summed E-state index contributed by atoms with van der Waals surface area (Å²) in [6, 6.07) is 57.9. The lowest BCUT2D eigenvalue weighted by molar-refractivity contribution is 0.00578. The van der Waals surface area contributed by atoms with Gasteiger partial charge in [-0.05, 0) is 273 Å². The number of nitrogens with two attached hydrogens (primary N) is 1. The van der Waals surface area contributed by atoms with Crippen LogP contribution in [0.2, 0.25) is 0 Å². The van der Waals surface area contributed by atoms with Crippen LogP contribution in [0.25, 0.3) is 0 Å². The first-order valence-electron chi connectivity index (χ1n) is 39.7. The molecule has 2 fully saturated rings. The first-order valence-corrected chi connectivity index (χ1v) is 53.1. The lowest BCUT2D eigenvalue weighted by Crippen LogP contribution is -2.41. The first-order chi connectivity index (χ1) is 56.9. The highest BCUT2D eigenvalue weighted by molar-refractivity contribution is 14.1. The Labute approximate surface area is 767 Å². The van der Waals surface area contributed by atoms with Crippen molar-refractivity contribution >= 4 is 155 Å². The highest BCUT2D eigenvalue weighted by atomic mass is 127. The zero-order chi connectivity index (χ0) is 94.2. The van der Waals surface area contributed by atoms with Crippen molar-refractivity contribution in [1.29, 1.82) is 0 Å². The fourth-order valence-corrected chi connectivity index (χ4v) is 14.7. The van der Waals surface area contributed by atoms with Crippen LogP contribution in [0.15, 0.2) is 182 Å². The minimum Gasteiger partial charge on any atom is -0.443 e. The van der Waals surface area contributed by atoms with E-state index in [9.17, 15) is 60.1 Å². The maximum absolute atomic E-state index is 12.3. The Morgan fingerprint density at radius 2 is 0.605 bits per heavy atom. The van der Waals surface area contributed by atoms with Crippen molar-refractivity contribution in [3.63, 3.8) is 0 Å². The van der Waals surface area contributed by atoms with Gasteiger partial charge in [0.2, 0.25) is 60.1 Å². The third-order valence-corrected chi connectivity index (χ3v) is 25.2. The molecule has 40 heteroatoms. The van der Waals surface area contributed by atoms with E-state index < -0.39 is 109 Å². The van der Waals surface area contributed by atoms with Gasteiger partial charge in [0, 0.05) is 46.4 Å². The van der Waals surface area contributed by atoms with Gasteiger partial charge in [0.05, 0.1) is 59.9 Å². The molecule has 688 valence electrons. The highest BCUT2D eigenvalue weighted by Crippen LogP contribution is 2.38. The molecule has 0 saturated carbocycles. The van der Waals surface area contributed by atoms with Crippen LogP contribution in [0.5, 0.6) is 0 Å². The molecule has 8 N–H and O–H groups in total. The number of rotatable bonds is 29. The Morgan fingerprint density at radius 3 is 0.831 bits per heavy atom. The van der Waals surface area contributed by atoms with E-state index in [1.807, 2.05) is 201 Å². The Morgan fingerprint density at radius 1 is 0.379 bits per heavy atom. The van der Waals surface area contributed by atoms with Crippen LogP contribution in [0, 0.1) is 7.14 Å². The summed E-state index contributed by atoms with van der Waals surface area (Å²) in [5, 5.41) is 17.7. The van der Waals surface area contributed by atoms with Crippen molar-refractivity contribution in [3.05, 3.63) is 228 Å². The molecule has 2 aliphatic heterocycles. The molecule has 0 radical (unpaired) electrons. The molecule has 2 aliphatic rings. The maximum Gasteiger partial charge on any atom is 0.494 e. The third kappa shape index (κ3) is 46.8. The summed E-state index contributed by atoms with van der Waals surface area (Å²) in [5.74, 6) is 0. The van der Waals surface area contributed by atoms with E-state index in [4.69, 9.17) is 43.9 Å². The van der Waals surface area contributed by atoms with Crippen LogP contribution in [0.3, 0.4) is 0 Å². The van der Waals surface area contributed by atoms with Crippen LogP contribution in [-0.2, 0) is 133 Å². The SMILES string of the molecule is CC(C)(C)OC(=O)N(CCc1ccc(B2OC(C)(C)C(C)(C)O2)cc1)S(C)(=O)=O.CC(C)(C)OC(=O)N(CCc1ccc(I)cc1)S(C)(=O)=O.CC1(C)OB(c2ccc(CCNS(C)(=O)=O)cc2)OC1(C)C.CS(=O)(=O)NCCc1ccc(B(O)O)cc1.CS(=O)(=O)NCCc1ccc(I)cc1.CS(=O)(=O)NCCc1ccccc1.NCCc1ccccc1. The number of halogens is 2. The molecule has 0 aliphatic carbocycles. The van der Waals surface area contributed by atoms with Crippen molar-refractivity contribution < 1.29 is 98.2 Å². The largest absolute Gasteiger partial charge is 0.494 e. The lowest BCUT2D eigenvalue weighted by atomic mass is 9.79. The van der Waals surface area contributed by atoms with E-state index in [2.05, 4.69) is 76.2 Å². The summed E-state index contributed by atoms with van der Waals surface area (Å²) in [7, 11) is -22.1. The maximum atomic E-state index is 12.3. The second-order valence-corrected chi connectivity index (χ2v) is 47.0. The van der Waals surface area contributed by atoms with Gasteiger partial charge in [-0.3, -0.25) is 0 Å². The van der Waals surface area contributed by atoms with Gasteiger partial charge < -0.3 is 43.9 Å². The van der Waals surface area contributed by atoms with Crippen LogP contribution >= 0.6 is 45.2 Å². The Balaban J connectivity index is 0.000000383. The molecular formula is C84H126B3I2N7O22S6. The molecule has 2 saturated heterocycles. The standard InChI is InChI=1S/C20H32BNO6S.C15H24BNO4S.C14H20INO4S.C9H14BNO4S.C9H12INO2S.C9H13NO2S.C8H11N/c1-18(2,3)26-17(23)22(29(8,24)25)14-13-15-9-11-16(12-10-15)21-27-19(4,5)20(6,7)28-21;1-14(2)15(3,4)21-16(20-14)13-8-6-12(7-9-13)10-11-17-22(5,18)19;1-14(2,3)20-13(17)16(21(4,18)19)10-9-11-5-7-12(15)8-6-11;1-16(14,15)11-7-6-8-2-4-9(5-3-8)10(12)13;1-14(12,13)11-7-6-8-2-4-9(10)5-3-8;1-13(11,12)10-8-7-9-5-3-2-4-6-9;9-7-6-8-4-2-1-3-5-8/h9-12H,13-14H2,1-8H3;6-9,17H,10-11H2,1-5H3;5-8H,9-10H2,1-4H3;2-5,11-13H,6-7H2,1H3;2-5,11H,6-7H2,1H3;2-6,10H,7-8H2,1H3;1-5H,6-7,9H2. The molecule has 2 amide bonds. The second kappa shape index (κ2) is 50.2. The van der Waals surface area contributed by atoms with E-state index in [-0.39, 0.29) is 31.4 Å². The van der Waals surface area contributed by atoms with Crippen molar-refractivity contribution in [2.45, 2.75) is 175 Å². The highest BCUT2D eigenvalue weighted by Gasteiger charge is 2.53. The fourth-order valence-electron chi connectivity index (χ4n) is 10.7. The molecule has 0 atom stereocenters. The van der Waals surface area contributed by atoms with E-state index in [1.165, 1.54) is 15.4 Å². The first kappa shape index (κ1) is 112. The number of hydrogen-bond acceptors (Lipinski definition) is 23. The summed E-state index contributed by atoms with van der Waals surface area (Å²) in [6.45, 7) is 28.7. The third-order valence-electron chi connectivity index (χ3n) is 18.5. The van der Waals surface area contributed by atoms with Gasteiger partial charge in [-0.25, -0.2) is 87.6 Å². The topological polar surface area (TPSA) is 415 Å². The molecule has 29 nitrogen and oxygen atoms in total. The van der Waals surface area contributed by atoms with Crippen molar-refractivity contribution in [2.75, 3.05) is 83.3 Å². The number of nitrogens with zero attached hydrogens (tertiary/aromatic N) is 2. The van der Waals surface area contributed by atoms with Gasteiger partial charge in [-0.15, -0.1) is 0 Å². The van der Waals surface area contributed by atoms with E-state index >= 15 is 0 Å². The van der Waals surface area contributed by atoms with Crippen molar-refractivity contribution in [1.82, 2.24) is 27.5 Å². The molecule has 7 aromatic carbocycles. The summed E-state index contributed by atoms with van der Waals surface area (Å²) < 4.78 is 182. The number of ether oxygens (including phenoxy) is 2. The summed E-state index contributed by atoms with van der Waals surface area (Å²) in [5.41, 5.74) is 12.0. The summed E-state index contributed by atoms with van der Waals surface area (Å²) in [4.78, 5) is 24.3. The monoisotopic (exact) mass is 2060 g/mol.